The number of benzene rings is 2. The molecule has 0 fully saturated rings. The Bertz CT molecular complexity index is 1210. The molecular weight excluding hydrogens is 472 g/mol. The molecule has 0 aliphatic carbocycles. The molecule has 190 valence electrons. The van der Waals surface area contributed by atoms with Gasteiger partial charge < -0.3 is 10.2 Å². The average molecular weight is 505 g/mol. The van der Waals surface area contributed by atoms with Crippen LogP contribution in [0.5, 0.6) is 0 Å². The van der Waals surface area contributed by atoms with Crippen molar-refractivity contribution in [3.8, 4) is 0 Å². The molecule has 0 aliphatic rings. The van der Waals surface area contributed by atoms with E-state index in [1.165, 1.54) is 17.0 Å². The Morgan fingerprint density at radius 1 is 1.09 bits per heavy atom. The van der Waals surface area contributed by atoms with Gasteiger partial charge in [0.05, 0.1) is 16.9 Å². The van der Waals surface area contributed by atoms with Crippen LogP contribution in [0.1, 0.15) is 37.5 Å². The molecule has 2 rings (SSSR count). The average Bonchev–Trinajstić information content (AvgIpc) is 2.74. The highest BCUT2D eigenvalue weighted by molar-refractivity contribution is 7.92. The smallest absolute Gasteiger partial charge is 0.271 e. The molecule has 1 N–H and O–H groups in total. The number of amides is 2. The number of anilines is 1. The first-order chi connectivity index (χ1) is 16.2. The van der Waals surface area contributed by atoms with E-state index in [1.807, 2.05) is 31.2 Å². The second-order valence-corrected chi connectivity index (χ2v) is 10.8. The van der Waals surface area contributed by atoms with Crippen molar-refractivity contribution < 1.29 is 22.9 Å². The van der Waals surface area contributed by atoms with Crippen LogP contribution in [0.4, 0.5) is 11.4 Å². The maximum atomic E-state index is 13.5. The highest BCUT2D eigenvalue weighted by Crippen LogP contribution is 2.28. The number of nitrogens with zero attached hydrogens (tertiary/aromatic N) is 3. The van der Waals surface area contributed by atoms with Gasteiger partial charge in [0, 0.05) is 24.7 Å². The third-order valence-corrected chi connectivity index (χ3v) is 6.51. The molecule has 0 spiro atoms. The molecule has 0 heterocycles. The molecule has 0 saturated heterocycles. The van der Waals surface area contributed by atoms with Gasteiger partial charge in [-0.05, 0) is 45.7 Å². The Labute approximate surface area is 206 Å². The van der Waals surface area contributed by atoms with E-state index >= 15 is 0 Å². The summed E-state index contributed by atoms with van der Waals surface area (Å²) in [6, 6.07) is 10.2. The number of nitrogens with one attached hydrogen (secondary N) is 1. The monoisotopic (exact) mass is 504 g/mol. The Morgan fingerprint density at radius 3 is 2.29 bits per heavy atom. The number of carbonyl (C=O) groups is 2. The van der Waals surface area contributed by atoms with E-state index in [0.717, 1.165) is 27.8 Å². The van der Waals surface area contributed by atoms with E-state index in [-0.39, 0.29) is 29.9 Å². The van der Waals surface area contributed by atoms with Crippen molar-refractivity contribution in [1.29, 1.82) is 0 Å². The highest BCUT2D eigenvalue weighted by Gasteiger charge is 2.31. The lowest BCUT2D eigenvalue weighted by Gasteiger charge is -2.32. The summed E-state index contributed by atoms with van der Waals surface area (Å²) in [6.07, 6.45) is 0.929. The van der Waals surface area contributed by atoms with Crippen LogP contribution in [0.25, 0.3) is 0 Å². The first-order valence-corrected chi connectivity index (χ1v) is 12.9. The van der Waals surface area contributed by atoms with Crippen LogP contribution < -0.4 is 9.62 Å². The lowest BCUT2D eigenvalue weighted by atomic mass is 10.1. The molecule has 2 aromatic rings. The summed E-state index contributed by atoms with van der Waals surface area (Å²) >= 11 is 0. The fourth-order valence-electron chi connectivity index (χ4n) is 3.57. The zero-order valence-electron chi connectivity index (χ0n) is 20.8. The van der Waals surface area contributed by atoms with Crippen LogP contribution in [0, 0.1) is 24.0 Å². The predicted molar refractivity (Wildman–Crippen MR) is 134 cm³/mol. The predicted octanol–water partition coefficient (Wildman–Crippen LogP) is 2.92. The van der Waals surface area contributed by atoms with Gasteiger partial charge >= 0.3 is 0 Å². The molecule has 1 unspecified atom stereocenters. The first kappa shape index (κ1) is 27.8. The number of sulfonamides is 1. The lowest BCUT2D eigenvalue weighted by Crippen LogP contribution is -2.52. The summed E-state index contributed by atoms with van der Waals surface area (Å²) in [5, 5.41) is 14.0. The zero-order chi connectivity index (χ0) is 26.5. The van der Waals surface area contributed by atoms with Crippen LogP contribution in [-0.4, -0.2) is 54.9 Å². The lowest BCUT2D eigenvalue weighted by molar-refractivity contribution is -0.384. The molecule has 0 aliphatic heterocycles. The SMILES string of the molecule is Cc1cccc(CN(C(=O)CN(c2cc([N+](=O)[O-])ccc2C)S(C)(=O)=O)C(C)C(=O)NC(C)C)c1. The summed E-state index contributed by atoms with van der Waals surface area (Å²) in [6.45, 7) is 8.15. The van der Waals surface area contributed by atoms with E-state index in [1.54, 1.807) is 27.7 Å². The Hall–Kier alpha value is -3.47. The van der Waals surface area contributed by atoms with Gasteiger partial charge in [0.15, 0.2) is 0 Å². The molecule has 2 aromatic carbocycles. The molecule has 35 heavy (non-hydrogen) atoms. The first-order valence-electron chi connectivity index (χ1n) is 11.1. The van der Waals surface area contributed by atoms with Gasteiger partial charge in [0.25, 0.3) is 5.69 Å². The number of nitro benzene ring substituents is 1. The van der Waals surface area contributed by atoms with Crippen LogP contribution >= 0.6 is 0 Å². The number of carbonyl (C=O) groups excluding carboxylic acids is 2. The third kappa shape index (κ3) is 7.51. The van der Waals surface area contributed by atoms with E-state index < -0.39 is 33.4 Å². The number of rotatable bonds is 10. The summed E-state index contributed by atoms with van der Waals surface area (Å²) in [4.78, 5) is 38.3. The summed E-state index contributed by atoms with van der Waals surface area (Å²) in [7, 11) is -3.99. The van der Waals surface area contributed by atoms with Crippen molar-refractivity contribution in [2.75, 3.05) is 17.1 Å². The minimum Gasteiger partial charge on any atom is -0.352 e. The molecule has 0 radical (unpaired) electrons. The Morgan fingerprint density at radius 2 is 1.74 bits per heavy atom. The van der Waals surface area contributed by atoms with E-state index in [0.29, 0.717) is 5.56 Å². The van der Waals surface area contributed by atoms with Gasteiger partial charge in [0.1, 0.15) is 12.6 Å². The van der Waals surface area contributed by atoms with Crippen LogP contribution in [0.15, 0.2) is 42.5 Å². The molecule has 0 bridgehead atoms. The van der Waals surface area contributed by atoms with Crippen molar-refractivity contribution in [3.63, 3.8) is 0 Å². The summed E-state index contributed by atoms with van der Waals surface area (Å²) in [5.74, 6) is -0.993. The standard InChI is InChI=1S/C24H32N4O6S/c1-16(2)25-24(30)19(5)26(14-20-9-7-8-17(3)12-20)23(29)15-27(35(6,33)34)22-13-21(28(31)32)11-10-18(22)4/h7-13,16,19H,14-15H2,1-6H3,(H,25,30). The van der Waals surface area contributed by atoms with Crippen LogP contribution in [-0.2, 0) is 26.2 Å². The maximum absolute atomic E-state index is 13.5. The van der Waals surface area contributed by atoms with Crippen molar-refractivity contribution in [1.82, 2.24) is 10.2 Å². The molecular formula is C24H32N4O6S. The fraction of sp³-hybridized carbons (Fsp3) is 0.417. The molecule has 2 amide bonds. The van der Waals surface area contributed by atoms with Gasteiger partial charge in [0.2, 0.25) is 21.8 Å². The number of hydrogen-bond donors (Lipinski definition) is 1. The van der Waals surface area contributed by atoms with E-state index in [2.05, 4.69) is 5.32 Å². The number of hydrogen-bond acceptors (Lipinski definition) is 6. The quantitative estimate of drug-likeness (QED) is 0.391. The topological polar surface area (TPSA) is 130 Å². The summed E-state index contributed by atoms with van der Waals surface area (Å²) in [5.41, 5.74) is 1.93. The van der Waals surface area contributed by atoms with Crippen molar-refractivity contribution in [3.05, 3.63) is 69.3 Å². The van der Waals surface area contributed by atoms with Crippen LogP contribution in [0.3, 0.4) is 0 Å². The van der Waals surface area contributed by atoms with Crippen molar-refractivity contribution in [2.45, 2.75) is 53.2 Å². The van der Waals surface area contributed by atoms with Gasteiger partial charge in [-0.1, -0.05) is 35.9 Å². The normalized spacial score (nSPS) is 12.2. The van der Waals surface area contributed by atoms with Crippen LogP contribution in [0.2, 0.25) is 0 Å². The Kier molecular flexibility index (Phi) is 8.97. The van der Waals surface area contributed by atoms with Crippen molar-refractivity contribution >= 4 is 33.2 Å². The van der Waals surface area contributed by atoms with Gasteiger partial charge in [-0.25, -0.2) is 8.42 Å². The van der Waals surface area contributed by atoms with E-state index in [9.17, 15) is 28.1 Å². The maximum Gasteiger partial charge on any atom is 0.271 e. The fourth-order valence-corrected chi connectivity index (χ4v) is 4.47. The number of nitro groups is 1. The molecule has 11 heteroatoms. The minimum absolute atomic E-state index is 0.0323. The minimum atomic E-state index is -3.99. The second-order valence-electron chi connectivity index (χ2n) is 8.85. The molecule has 10 nitrogen and oxygen atoms in total. The third-order valence-electron chi connectivity index (χ3n) is 5.39. The molecule has 1 atom stereocenters. The molecule has 0 aromatic heterocycles. The highest BCUT2D eigenvalue weighted by atomic mass is 32.2. The second kappa shape index (κ2) is 11.3. The van der Waals surface area contributed by atoms with Gasteiger partial charge in [-0.15, -0.1) is 0 Å². The Balaban J connectivity index is 2.49. The van der Waals surface area contributed by atoms with E-state index in [4.69, 9.17) is 0 Å². The largest absolute Gasteiger partial charge is 0.352 e. The molecule has 0 saturated carbocycles. The van der Waals surface area contributed by atoms with Gasteiger partial charge in [-0.2, -0.15) is 0 Å². The number of aryl methyl sites for hydroxylation is 2. The zero-order valence-corrected chi connectivity index (χ0v) is 21.6. The van der Waals surface area contributed by atoms with Crippen molar-refractivity contribution in [2.24, 2.45) is 0 Å². The number of non-ortho nitro benzene ring substituents is 1. The van der Waals surface area contributed by atoms with Gasteiger partial charge in [-0.3, -0.25) is 24.0 Å². The summed E-state index contributed by atoms with van der Waals surface area (Å²) < 4.78 is 26.2.